The van der Waals surface area contributed by atoms with E-state index in [0.717, 1.165) is 10.4 Å². The van der Waals surface area contributed by atoms with Crippen LogP contribution >= 0.6 is 22.9 Å². The number of nitrogens with zero attached hydrogens (tertiary/aromatic N) is 2. The van der Waals surface area contributed by atoms with Gasteiger partial charge in [-0.15, -0.1) is 22.9 Å². The van der Waals surface area contributed by atoms with E-state index in [-0.39, 0.29) is 30.2 Å². The molecule has 1 aromatic carbocycles. The standard InChI is InChI=1S/C20H24ClFN2O2S/c1-14(2)24(20(26)15(3)21)13-19(25)23(12-18-5-4-10-27-18)11-16-6-8-17(22)9-7-16/h4-10,14-15H,11-13H2,1-3H3. The van der Waals surface area contributed by atoms with E-state index in [2.05, 4.69) is 0 Å². The maximum Gasteiger partial charge on any atom is 0.242 e. The lowest BCUT2D eigenvalue weighted by Gasteiger charge is -2.30. The molecule has 1 aromatic heterocycles. The topological polar surface area (TPSA) is 40.6 Å². The zero-order chi connectivity index (χ0) is 20.0. The second kappa shape index (κ2) is 9.85. The van der Waals surface area contributed by atoms with Gasteiger partial charge in [0.2, 0.25) is 11.8 Å². The summed E-state index contributed by atoms with van der Waals surface area (Å²) in [5.41, 5.74) is 0.828. The van der Waals surface area contributed by atoms with Crippen LogP contribution in [0.1, 0.15) is 31.2 Å². The molecule has 1 atom stereocenters. The molecular formula is C20H24ClFN2O2S. The molecule has 2 rings (SSSR count). The van der Waals surface area contributed by atoms with E-state index in [9.17, 15) is 14.0 Å². The van der Waals surface area contributed by atoms with Crippen molar-refractivity contribution in [1.82, 2.24) is 9.80 Å². The summed E-state index contributed by atoms with van der Waals surface area (Å²) in [7, 11) is 0. The minimum absolute atomic E-state index is 0.0415. The third-order valence-corrected chi connectivity index (χ3v) is 5.17. The number of hydrogen-bond acceptors (Lipinski definition) is 3. The van der Waals surface area contributed by atoms with Gasteiger partial charge in [-0.05, 0) is 49.9 Å². The maximum atomic E-state index is 13.2. The molecule has 0 aliphatic rings. The van der Waals surface area contributed by atoms with Crippen molar-refractivity contribution in [1.29, 1.82) is 0 Å². The van der Waals surface area contributed by atoms with Crippen LogP contribution in [-0.4, -0.2) is 39.6 Å². The zero-order valence-electron chi connectivity index (χ0n) is 15.7. The molecule has 0 bridgehead atoms. The minimum atomic E-state index is -0.692. The van der Waals surface area contributed by atoms with E-state index >= 15 is 0 Å². The highest BCUT2D eigenvalue weighted by atomic mass is 35.5. The van der Waals surface area contributed by atoms with Gasteiger partial charge in [-0.1, -0.05) is 18.2 Å². The normalized spacial score (nSPS) is 12.1. The number of alkyl halides is 1. The summed E-state index contributed by atoms with van der Waals surface area (Å²) >= 11 is 7.50. The second-order valence-electron chi connectivity index (χ2n) is 6.63. The summed E-state index contributed by atoms with van der Waals surface area (Å²) in [6.45, 7) is 6.05. The largest absolute Gasteiger partial charge is 0.332 e. The van der Waals surface area contributed by atoms with Gasteiger partial charge in [0, 0.05) is 17.5 Å². The van der Waals surface area contributed by atoms with Crippen LogP contribution in [0.5, 0.6) is 0 Å². The van der Waals surface area contributed by atoms with Gasteiger partial charge < -0.3 is 9.80 Å². The summed E-state index contributed by atoms with van der Waals surface area (Å²) in [4.78, 5) is 29.6. The number of carbonyl (C=O) groups is 2. The molecule has 27 heavy (non-hydrogen) atoms. The van der Waals surface area contributed by atoms with Crippen LogP contribution in [0, 0.1) is 5.82 Å². The van der Waals surface area contributed by atoms with Crippen molar-refractivity contribution in [2.75, 3.05) is 6.54 Å². The first-order valence-electron chi connectivity index (χ1n) is 8.77. The fourth-order valence-corrected chi connectivity index (χ4v) is 3.47. The molecule has 0 fully saturated rings. The summed E-state index contributed by atoms with van der Waals surface area (Å²) in [5, 5.41) is 1.26. The first kappa shape index (κ1) is 21.4. The summed E-state index contributed by atoms with van der Waals surface area (Å²) in [6.07, 6.45) is 0. The van der Waals surface area contributed by atoms with Crippen LogP contribution in [0.2, 0.25) is 0 Å². The highest BCUT2D eigenvalue weighted by Crippen LogP contribution is 2.16. The number of carbonyl (C=O) groups excluding carboxylic acids is 2. The smallest absolute Gasteiger partial charge is 0.242 e. The monoisotopic (exact) mass is 410 g/mol. The Morgan fingerprint density at radius 1 is 1.11 bits per heavy atom. The number of benzene rings is 1. The van der Waals surface area contributed by atoms with Gasteiger partial charge in [0.25, 0.3) is 0 Å². The lowest BCUT2D eigenvalue weighted by atomic mass is 10.2. The van der Waals surface area contributed by atoms with E-state index < -0.39 is 5.38 Å². The molecule has 146 valence electrons. The van der Waals surface area contributed by atoms with Crippen LogP contribution in [0.3, 0.4) is 0 Å². The van der Waals surface area contributed by atoms with Crippen molar-refractivity contribution in [2.24, 2.45) is 0 Å². The number of rotatable bonds is 8. The molecule has 2 aromatic rings. The van der Waals surface area contributed by atoms with Crippen LogP contribution in [0.4, 0.5) is 4.39 Å². The summed E-state index contributed by atoms with van der Waals surface area (Å²) in [6, 6.07) is 9.83. The Bertz CT molecular complexity index is 748. The van der Waals surface area contributed by atoms with Gasteiger partial charge in [0.15, 0.2) is 0 Å². The lowest BCUT2D eigenvalue weighted by molar-refractivity contribution is -0.142. The molecule has 2 amide bonds. The Kier molecular flexibility index (Phi) is 7.80. The predicted molar refractivity (Wildman–Crippen MR) is 107 cm³/mol. The molecule has 1 unspecified atom stereocenters. The van der Waals surface area contributed by atoms with E-state index in [1.807, 2.05) is 31.4 Å². The average molecular weight is 411 g/mol. The Morgan fingerprint density at radius 3 is 2.30 bits per heavy atom. The van der Waals surface area contributed by atoms with Gasteiger partial charge in [-0.2, -0.15) is 0 Å². The highest BCUT2D eigenvalue weighted by Gasteiger charge is 2.26. The zero-order valence-corrected chi connectivity index (χ0v) is 17.3. The van der Waals surface area contributed by atoms with E-state index in [1.165, 1.54) is 17.0 Å². The molecule has 0 radical (unpaired) electrons. The van der Waals surface area contributed by atoms with Crippen molar-refractivity contribution in [3.8, 4) is 0 Å². The second-order valence-corrected chi connectivity index (χ2v) is 8.32. The molecule has 1 heterocycles. The van der Waals surface area contributed by atoms with Gasteiger partial charge >= 0.3 is 0 Å². The fraction of sp³-hybridized carbons (Fsp3) is 0.400. The molecule has 4 nitrogen and oxygen atoms in total. The van der Waals surface area contributed by atoms with E-state index in [1.54, 1.807) is 35.3 Å². The van der Waals surface area contributed by atoms with E-state index in [0.29, 0.717) is 13.1 Å². The van der Waals surface area contributed by atoms with Crippen LogP contribution in [-0.2, 0) is 22.7 Å². The fourth-order valence-electron chi connectivity index (χ4n) is 2.62. The third-order valence-electron chi connectivity index (χ3n) is 4.12. The average Bonchev–Trinajstić information content (AvgIpc) is 3.13. The molecule has 0 aliphatic heterocycles. The number of amides is 2. The third kappa shape index (κ3) is 6.33. The van der Waals surface area contributed by atoms with Crippen LogP contribution in [0.25, 0.3) is 0 Å². The molecule has 0 spiro atoms. The van der Waals surface area contributed by atoms with E-state index in [4.69, 9.17) is 11.6 Å². The van der Waals surface area contributed by atoms with Gasteiger partial charge in [-0.3, -0.25) is 9.59 Å². The highest BCUT2D eigenvalue weighted by molar-refractivity contribution is 7.09. The quantitative estimate of drug-likeness (QED) is 0.609. The minimum Gasteiger partial charge on any atom is -0.332 e. The van der Waals surface area contributed by atoms with Crippen molar-refractivity contribution in [3.63, 3.8) is 0 Å². The number of halogens is 2. The van der Waals surface area contributed by atoms with Crippen molar-refractivity contribution >= 4 is 34.8 Å². The molecular weight excluding hydrogens is 387 g/mol. The first-order chi connectivity index (χ1) is 12.8. The predicted octanol–water partition coefficient (Wildman–Crippen LogP) is 4.28. The summed E-state index contributed by atoms with van der Waals surface area (Å²) in [5.74, 6) is -0.757. The summed E-state index contributed by atoms with van der Waals surface area (Å²) < 4.78 is 13.2. The molecule has 0 saturated carbocycles. The van der Waals surface area contributed by atoms with Gasteiger partial charge in [0.05, 0.1) is 6.54 Å². The Labute approximate surface area is 168 Å². The maximum absolute atomic E-state index is 13.2. The van der Waals surface area contributed by atoms with Crippen LogP contribution < -0.4 is 0 Å². The van der Waals surface area contributed by atoms with Crippen molar-refractivity contribution < 1.29 is 14.0 Å². The van der Waals surface area contributed by atoms with Crippen molar-refractivity contribution in [3.05, 3.63) is 58.0 Å². The van der Waals surface area contributed by atoms with Gasteiger partial charge in [-0.25, -0.2) is 4.39 Å². The van der Waals surface area contributed by atoms with Crippen molar-refractivity contribution in [2.45, 2.75) is 45.3 Å². The Balaban J connectivity index is 2.18. The first-order valence-corrected chi connectivity index (χ1v) is 10.1. The molecule has 7 heteroatoms. The molecule has 0 N–H and O–H groups in total. The Hall–Kier alpha value is -1.92. The number of thiophene rings is 1. The Morgan fingerprint density at radius 2 is 1.78 bits per heavy atom. The van der Waals surface area contributed by atoms with Gasteiger partial charge in [0.1, 0.15) is 17.7 Å². The lowest BCUT2D eigenvalue weighted by Crippen LogP contribution is -2.47. The molecule has 0 saturated heterocycles. The molecule has 0 aliphatic carbocycles. The SMILES string of the molecule is CC(Cl)C(=O)N(CC(=O)N(Cc1ccc(F)cc1)Cc1cccs1)C(C)C. The van der Waals surface area contributed by atoms with Crippen LogP contribution in [0.15, 0.2) is 41.8 Å². The number of hydrogen-bond donors (Lipinski definition) is 0.